The second-order valence-electron chi connectivity index (χ2n) is 3.57. The van der Waals surface area contributed by atoms with E-state index in [1.54, 1.807) is 0 Å². The van der Waals surface area contributed by atoms with Gasteiger partial charge < -0.3 is 0 Å². The van der Waals surface area contributed by atoms with Gasteiger partial charge in [-0.1, -0.05) is 39.5 Å². The van der Waals surface area contributed by atoms with Gasteiger partial charge in [0, 0.05) is 0 Å². The number of rotatable bonds is 7. The highest BCUT2D eigenvalue weighted by Crippen LogP contribution is 2.19. The maximum atomic E-state index is 8.40. The van der Waals surface area contributed by atoms with Crippen molar-refractivity contribution in [2.24, 2.45) is 5.92 Å². The Balaban J connectivity index is 3.51. The lowest BCUT2D eigenvalue weighted by atomic mass is 9.94. The Morgan fingerprint density at radius 3 is 2.42 bits per heavy atom. The van der Waals surface area contributed by atoms with Gasteiger partial charge >= 0.3 is 0 Å². The molecule has 2 atom stereocenters. The van der Waals surface area contributed by atoms with Crippen molar-refractivity contribution in [3.63, 3.8) is 0 Å². The van der Waals surface area contributed by atoms with Crippen LogP contribution >= 0.6 is 0 Å². The third-order valence-electron chi connectivity index (χ3n) is 2.39. The highest BCUT2D eigenvalue weighted by atomic mass is 17.1. The van der Waals surface area contributed by atoms with Gasteiger partial charge in [-0.15, -0.1) is 0 Å². The molecule has 2 unspecified atom stereocenters. The van der Waals surface area contributed by atoms with Crippen molar-refractivity contribution in [2.45, 2.75) is 59.0 Å². The summed E-state index contributed by atoms with van der Waals surface area (Å²) in [6, 6.07) is 0. The fraction of sp³-hybridized carbons (Fsp3) is 1.00. The van der Waals surface area contributed by atoms with Gasteiger partial charge in [0.25, 0.3) is 0 Å². The fourth-order valence-corrected chi connectivity index (χ4v) is 1.49. The first-order chi connectivity index (χ1) is 5.74. The van der Waals surface area contributed by atoms with Crippen LogP contribution in [0.15, 0.2) is 0 Å². The Morgan fingerprint density at radius 2 is 2.00 bits per heavy atom. The van der Waals surface area contributed by atoms with Crippen LogP contribution < -0.4 is 0 Å². The topological polar surface area (TPSA) is 29.5 Å². The van der Waals surface area contributed by atoms with Gasteiger partial charge in [-0.2, -0.15) is 0 Å². The molecule has 0 rings (SSSR count). The Labute approximate surface area is 75.9 Å². The smallest absolute Gasteiger partial charge is 0.0902 e. The van der Waals surface area contributed by atoms with Crippen LogP contribution in [-0.2, 0) is 4.89 Å². The van der Waals surface area contributed by atoms with E-state index >= 15 is 0 Å². The summed E-state index contributed by atoms with van der Waals surface area (Å²) in [7, 11) is 0. The first kappa shape index (κ1) is 11.9. The molecule has 0 radical (unpaired) electrons. The van der Waals surface area contributed by atoms with E-state index in [1.165, 1.54) is 25.7 Å². The van der Waals surface area contributed by atoms with E-state index in [2.05, 4.69) is 18.7 Å². The van der Waals surface area contributed by atoms with Crippen LogP contribution in [0.25, 0.3) is 0 Å². The SMILES string of the molecule is CCCCC(CC)CC(C)OO. The zero-order valence-corrected chi connectivity index (χ0v) is 8.55. The van der Waals surface area contributed by atoms with Crippen LogP contribution in [0.3, 0.4) is 0 Å². The lowest BCUT2D eigenvalue weighted by molar-refractivity contribution is -0.277. The van der Waals surface area contributed by atoms with Crippen LogP contribution in [-0.4, -0.2) is 11.4 Å². The third kappa shape index (κ3) is 5.56. The molecule has 0 fully saturated rings. The molecule has 0 heterocycles. The van der Waals surface area contributed by atoms with Gasteiger partial charge in [-0.25, -0.2) is 4.89 Å². The Bertz CT molecular complexity index is 93.8. The van der Waals surface area contributed by atoms with Crippen LogP contribution in [0.4, 0.5) is 0 Å². The van der Waals surface area contributed by atoms with E-state index in [0.29, 0.717) is 5.92 Å². The monoisotopic (exact) mass is 174 g/mol. The molecule has 0 aromatic heterocycles. The zero-order chi connectivity index (χ0) is 9.40. The molecule has 0 aromatic rings. The van der Waals surface area contributed by atoms with Crippen molar-refractivity contribution >= 4 is 0 Å². The summed E-state index contributed by atoms with van der Waals surface area (Å²) in [6.45, 7) is 6.32. The minimum absolute atomic E-state index is 0.00759. The Morgan fingerprint density at radius 1 is 1.33 bits per heavy atom. The lowest BCUT2D eigenvalue weighted by Gasteiger charge is -2.16. The quantitative estimate of drug-likeness (QED) is 0.473. The number of hydrogen-bond acceptors (Lipinski definition) is 2. The average Bonchev–Trinajstić information content (AvgIpc) is 2.11. The third-order valence-corrected chi connectivity index (χ3v) is 2.39. The van der Waals surface area contributed by atoms with Gasteiger partial charge in [-0.05, 0) is 19.3 Å². The summed E-state index contributed by atoms with van der Waals surface area (Å²) in [5.41, 5.74) is 0. The summed E-state index contributed by atoms with van der Waals surface area (Å²) in [6.07, 6.45) is 5.97. The van der Waals surface area contributed by atoms with Crippen molar-refractivity contribution in [2.75, 3.05) is 0 Å². The second-order valence-corrected chi connectivity index (χ2v) is 3.57. The summed E-state index contributed by atoms with van der Waals surface area (Å²) in [4.78, 5) is 4.26. The molecule has 0 aromatic carbocycles. The summed E-state index contributed by atoms with van der Waals surface area (Å²) < 4.78 is 0. The van der Waals surface area contributed by atoms with Gasteiger partial charge in [0.05, 0.1) is 6.10 Å². The molecule has 1 N–H and O–H groups in total. The van der Waals surface area contributed by atoms with Gasteiger partial charge in [0.2, 0.25) is 0 Å². The molecule has 0 saturated heterocycles. The first-order valence-electron chi connectivity index (χ1n) is 5.04. The Hall–Kier alpha value is -0.0800. The largest absolute Gasteiger partial charge is 0.252 e. The van der Waals surface area contributed by atoms with Crippen molar-refractivity contribution in [3.05, 3.63) is 0 Å². The predicted octanol–water partition coefficient (Wildman–Crippen LogP) is 3.47. The molecule has 0 bridgehead atoms. The van der Waals surface area contributed by atoms with Gasteiger partial charge in [0.15, 0.2) is 0 Å². The van der Waals surface area contributed by atoms with Gasteiger partial charge in [-0.3, -0.25) is 5.26 Å². The molecule has 0 amide bonds. The van der Waals surface area contributed by atoms with E-state index in [1.807, 2.05) is 6.92 Å². The van der Waals surface area contributed by atoms with Crippen molar-refractivity contribution in [1.29, 1.82) is 0 Å². The molecule has 2 nitrogen and oxygen atoms in total. The average molecular weight is 174 g/mol. The van der Waals surface area contributed by atoms with Crippen LogP contribution in [0.2, 0.25) is 0 Å². The Kier molecular flexibility index (Phi) is 7.51. The molecule has 0 spiro atoms. The molecule has 0 saturated carbocycles. The molecule has 74 valence electrons. The minimum Gasteiger partial charge on any atom is -0.252 e. The first-order valence-corrected chi connectivity index (χ1v) is 5.04. The van der Waals surface area contributed by atoms with Crippen molar-refractivity contribution in [3.8, 4) is 0 Å². The molecule has 0 aliphatic heterocycles. The molecular formula is C10H22O2. The van der Waals surface area contributed by atoms with Crippen LogP contribution in [0.1, 0.15) is 52.9 Å². The second kappa shape index (κ2) is 7.56. The summed E-state index contributed by atoms with van der Waals surface area (Å²) >= 11 is 0. The predicted molar refractivity (Wildman–Crippen MR) is 51.1 cm³/mol. The fourth-order valence-electron chi connectivity index (χ4n) is 1.49. The normalized spacial score (nSPS) is 16.0. The molecule has 2 heteroatoms. The van der Waals surface area contributed by atoms with E-state index in [4.69, 9.17) is 5.26 Å². The van der Waals surface area contributed by atoms with E-state index < -0.39 is 0 Å². The maximum absolute atomic E-state index is 8.40. The van der Waals surface area contributed by atoms with Crippen molar-refractivity contribution < 1.29 is 10.1 Å². The van der Waals surface area contributed by atoms with E-state index in [0.717, 1.165) is 6.42 Å². The number of hydrogen-bond donors (Lipinski definition) is 1. The molecular weight excluding hydrogens is 152 g/mol. The van der Waals surface area contributed by atoms with Crippen molar-refractivity contribution in [1.82, 2.24) is 0 Å². The minimum atomic E-state index is -0.00759. The summed E-state index contributed by atoms with van der Waals surface area (Å²) in [5, 5.41) is 8.40. The molecule has 0 aliphatic carbocycles. The zero-order valence-electron chi connectivity index (χ0n) is 8.55. The lowest BCUT2D eigenvalue weighted by Crippen LogP contribution is -2.12. The van der Waals surface area contributed by atoms with Crippen LogP contribution in [0, 0.1) is 5.92 Å². The van der Waals surface area contributed by atoms with E-state index in [9.17, 15) is 0 Å². The summed E-state index contributed by atoms with van der Waals surface area (Å²) in [5.74, 6) is 0.715. The highest BCUT2D eigenvalue weighted by Gasteiger charge is 2.10. The molecule has 0 aliphatic rings. The highest BCUT2D eigenvalue weighted by molar-refractivity contribution is 4.61. The molecule has 12 heavy (non-hydrogen) atoms. The maximum Gasteiger partial charge on any atom is 0.0902 e. The van der Waals surface area contributed by atoms with Gasteiger partial charge in [0.1, 0.15) is 0 Å². The van der Waals surface area contributed by atoms with E-state index in [-0.39, 0.29) is 6.10 Å². The number of unbranched alkanes of at least 4 members (excludes halogenated alkanes) is 1. The standard InChI is InChI=1S/C10H22O2/c1-4-6-7-10(5-2)8-9(3)12-11/h9-11H,4-8H2,1-3H3. The van der Waals surface area contributed by atoms with Crippen LogP contribution in [0.5, 0.6) is 0 Å².